The van der Waals surface area contributed by atoms with Crippen LogP contribution in [0.5, 0.6) is 0 Å². The fraction of sp³-hybridized carbons (Fsp3) is 0.400. The summed E-state index contributed by atoms with van der Waals surface area (Å²) < 4.78 is 36.0. The first kappa shape index (κ1) is 45.5. The summed E-state index contributed by atoms with van der Waals surface area (Å²) in [7, 11) is 0. The van der Waals surface area contributed by atoms with Gasteiger partial charge in [0.1, 0.15) is 11.7 Å². The van der Waals surface area contributed by atoms with Crippen molar-refractivity contribution >= 4 is 41.6 Å². The van der Waals surface area contributed by atoms with E-state index in [1.54, 1.807) is 32.0 Å². The van der Waals surface area contributed by atoms with Gasteiger partial charge in [0.25, 0.3) is 0 Å². The molecule has 0 amide bonds. The first-order valence-corrected chi connectivity index (χ1v) is 19.4. The smallest absolute Gasteiger partial charge is 0.340 e. The number of nitrogens with zero attached hydrogens (tertiary/aromatic N) is 2. The van der Waals surface area contributed by atoms with Crippen molar-refractivity contribution in [1.29, 1.82) is 0 Å². The predicted octanol–water partition coefficient (Wildman–Crippen LogP) is 4.75. The highest BCUT2D eigenvalue weighted by Gasteiger charge is 2.69. The van der Waals surface area contributed by atoms with E-state index in [9.17, 15) is 38.7 Å². The van der Waals surface area contributed by atoms with Gasteiger partial charge in [-0.15, -0.1) is 0 Å². The van der Waals surface area contributed by atoms with Crippen molar-refractivity contribution in [3.8, 4) is 0 Å². The van der Waals surface area contributed by atoms with Crippen LogP contribution >= 0.6 is 0 Å². The molecule has 16 heteroatoms. The highest BCUT2D eigenvalue weighted by Crippen LogP contribution is 2.52. The molecule has 2 aliphatic carbocycles. The fourth-order valence-corrected chi connectivity index (χ4v) is 7.85. The van der Waals surface area contributed by atoms with Gasteiger partial charge in [0.15, 0.2) is 35.8 Å². The van der Waals surface area contributed by atoms with Gasteiger partial charge in [0.05, 0.1) is 22.6 Å². The molecule has 0 saturated heterocycles. The summed E-state index contributed by atoms with van der Waals surface area (Å²) in [6, 6.07) is 13.5. The molecule has 1 aromatic carbocycles. The molecule has 322 valence electrons. The van der Waals surface area contributed by atoms with Gasteiger partial charge in [-0.05, 0) is 43.3 Å². The number of esters is 6. The summed E-state index contributed by atoms with van der Waals surface area (Å²) in [4.78, 5) is 104. The van der Waals surface area contributed by atoms with Crippen LogP contribution in [0.25, 0.3) is 0 Å². The van der Waals surface area contributed by atoms with Crippen molar-refractivity contribution in [2.45, 2.75) is 96.6 Å². The van der Waals surface area contributed by atoms with Gasteiger partial charge in [0.2, 0.25) is 0 Å². The zero-order valence-corrected chi connectivity index (χ0v) is 34.8. The Morgan fingerprint density at radius 3 is 1.77 bits per heavy atom. The summed E-state index contributed by atoms with van der Waals surface area (Å²) in [6.45, 7) is 13.3. The van der Waals surface area contributed by atoms with Crippen LogP contribution in [0.2, 0.25) is 0 Å². The number of pyridine rings is 2. The quantitative estimate of drug-likeness (QED) is 0.175. The second kappa shape index (κ2) is 18.4. The number of carbonyl (C=O) groups is 7. The van der Waals surface area contributed by atoms with E-state index in [2.05, 4.69) is 16.5 Å². The lowest BCUT2D eigenvalue weighted by Crippen LogP contribution is -2.58. The average molecular weight is 841 g/mol. The minimum Gasteiger partial charge on any atom is -0.458 e. The van der Waals surface area contributed by atoms with Crippen LogP contribution in [0.1, 0.15) is 86.0 Å². The molecule has 61 heavy (non-hydrogen) atoms. The van der Waals surface area contributed by atoms with Crippen molar-refractivity contribution in [3.05, 3.63) is 120 Å². The summed E-state index contributed by atoms with van der Waals surface area (Å²) in [5.41, 5.74) is -6.47. The normalized spacial score (nSPS) is 28.4. The molecule has 0 spiro atoms. The molecule has 2 aliphatic rings. The molecule has 3 aromatic rings. The molecule has 1 N–H and O–H groups in total. The molecule has 0 radical (unpaired) electrons. The number of rotatable bonds is 9. The molecule has 16 nitrogen and oxygen atoms in total. The summed E-state index contributed by atoms with van der Waals surface area (Å²) in [5, 5.41) is 12.9. The van der Waals surface area contributed by atoms with Crippen LogP contribution < -0.4 is 0 Å². The maximum atomic E-state index is 14.9. The maximum Gasteiger partial charge on any atom is 0.340 e. The minimum absolute atomic E-state index is 0.00771. The minimum atomic E-state index is -2.66. The van der Waals surface area contributed by atoms with Crippen LogP contribution in [0.3, 0.4) is 0 Å². The Labute approximate surface area is 352 Å². The molecule has 1 fully saturated rings. The molecule has 5 rings (SSSR count). The van der Waals surface area contributed by atoms with Gasteiger partial charge >= 0.3 is 35.8 Å². The summed E-state index contributed by atoms with van der Waals surface area (Å²) in [6.07, 6.45) is -1.42. The van der Waals surface area contributed by atoms with Gasteiger partial charge in [-0.25, -0.2) is 14.4 Å². The topological polar surface area (TPSA) is 221 Å². The van der Waals surface area contributed by atoms with E-state index in [4.69, 9.17) is 28.4 Å². The maximum absolute atomic E-state index is 14.9. The number of aliphatic hydroxyl groups is 1. The lowest BCUT2D eigenvalue weighted by Gasteiger charge is -2.44. The predicted molar refractivity (Wildman–Crippen MR) is 213 cm³/mol. The van der Waals surface area contributed by atoms with Gasteiger partial charge in [-0.2, -0.15) is 0 Å². The number of carbonyl (C=O) groups excluding carboxylic acids is 7. The van der Waals surface area contributed by atoms with E-state index in [1.165, 1.54) is 87.2 Å². The Balaban J connectivity index is 1.81. The highest BCUT2D eigenvalue weighted by atomic mass is 16.6. The van der Waals surface area contributed by atoms with E-state index < -0.39 is 113 Å². The first-order valence-electron chi connectivity index (χ1n) is 19.4. The second-order valence-corrected chi connectivity index (χ2v) is 15.9. The molecule has 2 aromatic heterocycles. The third-order valence-corrected chi connectivity index (χ3v) is 10.6. The number of ether oxygens (including phenoxy) is 6. The van der Waals surface area contributed by atoms with Crippen LogP contribution in [0, 0.1) is 17.3 Å². The lowest BCUT2D eigenvalue weighted by atomic mass is 9.72. The number of benzene rings is 1. The number of hydrogen-bond donors (Lipinski definition) is 1. The van der Waals surface area contributed by atoms with Crippen LogP contribution in [0.15, 0.2) is 104 Å². The number of ketones is 1. The monoisotopic (exact) mass is 840 g/mol. The Kier molecular flexibility index (Phi) is 13.7. The zero-order chi connectivity index (χ0) is 44.9. The number of Topliss-reactive ketones (excluding diaryl/α,β-unsaturated/α-hetero) is 1. The average Bonchev–Trinajstić information content (AvgIpc) is 3.43. The molecule has 2 heterocycles. The van der Waals surface area contributed by atoms with Gasteiger partial charge in [0, 0.05) is 68.9 Å². The number of allylic oxidation sites excluding steroid dienone is 1. The highest BCUT2D eigenvalue weighted by molar-refractivity contribution is 5.93. The van der Waals surface area contributed by atoms with E-state index in [0.717, 1.165) is 20.8 Å². The van der Waals surface area contributed by atoms with Gasteiger partial charge in [-0.3, -0.25) is 29.1 Å². The summed E-state index contributed by atoms with van der Waals surface area (Å²) in [5.74, 6) is -9.65. The van der Waals surface area contributed by atoms with E-state index >= 15 is 0 Å². The van der Waals surface area contributed by atoms with Crippen LogP contribution in [-0.4, -0.2) is 98.4 Å². The van der Waals surface area contributed by atoms with Crippen molar-refractivity contribution in [3.63, 3.8) is 0 Å². The Morgan fingerprint density at radius 1 is 0.689 bits per heavy atom. The third kappa shape index (κ3) is 10.1. The molecule has 0 aliphatic heterocycles. The second-order valence-electron chi connectivity index (χ2n) is 15.9. The molecular formula is C45H48N2O14. The summed E-state index contributed by atoms with van der Waals surface area (Å²) >= 11 is 0. The van der Waals surface area contributed by atoms with Crippen molar-refractivity contribution in [1.82, 2.24) is 9.97 Å². The van der Waals surface area contributed by atoms with Gasteiger partial charge in [-0.1, -0.05) is 57.7 Å². The standard InChI is InChI=1S/C45H48N2O14/c1-25-18-19-43(6,7)39(60-41(53)31-16-12-20-46-22-31)36(57-28(4)49)35(59-40(52)30-14-10-9-11-15-30)26(2)34(56-27(3)48)33-38(58-29(5)50)44(8,24-45(33,55)37(25)51)61-42(54)32-17-13-21-47-23-32/h9-23,25,33-36,38-39,55H,2,24H2,1,3-8H3. The molecule has 9 atom stereocenters. The lowest BCUT2D eigenvalue weighted by molar-refractivity contribution is -0.180. The third-order valence-electron chi connectivity index (χ3n) is 10.6. The Hall–Kier alpha value is -6.55. The SMILES string of the molecule is C=C1C(OC(=O)c2ccccc2)C(OC(C)=O)C(OC(=O)c2cccnc2)C(C)(C)C=CC(C)C(=O)C2(O)CC(C)(OC(=O)c3cccnc3)C(OC(C)=O)C2C1OC(C)=O. The van der Waals surface area contributed by atoms with E-state index in [1.807, 2.05) is 0 Å². The first-order chi connectivity index (χ1) is 28.7. The molecule has 1 saturated carbocycles. The van der Waals surface area contributed by atoms with Crippen LogP contribution in [-0.2, 0) is 47.6 Å². The fourth-order valence-electron chi connectivity index (χ4n) is 7.85. The number of aromatic nitrogens is 2. The molecule has 9 unspecified atom stereocenters. The number of hydrogen-bond acceptors (Lipinski definition) is 16. The Morgan fingerprint density at radius 2 is 1.23 bits per heavy atom. The van der Waals surface area contributed by atoms with Crippen molar-refractivity contribution < 1.29 is 67.1 Å². The van der Waals surface area contributed by atoms with E-state index in [-0.39, 0.29) is 16.7 Å². The largest absolute Gasteiger partial charge is 0.458 e. The van der Waals surface area contributed by atoms with Crippen LogP contribution in [0.4, 0.5) is 0 Å². The van der Waals surface area contributed by atoms with E-state index in [0.29, 0.717) is 0 Å². The zero-order valence-electron chi connectivity index (χ0n) is 34.8. The molecular weight excluding hydrogens is 792 g/mol. The number of fused-ring (bicyclic) bond motifs is 1. The van der Waals surface area contributed by atoms with Crippen molar-refractivity contribution in [2.75, 3.05) is 0 Å². The Bertz CT molecular complexity index is 2190. The molecule has 0 bridgehead atoms. The van der Waals surface area contributed by atoms with Gasteiger partial charge < -0.3 is 33.5 Å². The van der Waals surface area contributed by atoms with Crippen molar-refractivity contribution in [2.24, 2.45) is 17.3 Å².